The van der Waals surface area contributed by atoms with E-state index in [0.29, 0.717) is 41.5 Å². The lowest BCUT2D eigenvalue weighted by Gasteiger charge is -2.29. The average Bonchev–Trinajstić information content (AvgIpc) is 3.29. The van der Waals surface area contributed by atoms with Crippen LogP contribution in [0.4, 0.5) is 0 Å². The van der Waals surface area contributed by atoms with Crippen molar-refractivity contribution in [3.8, 4) is 0 Å². The second-order valence-corrected chi connectivity index (χ2v) is 10.2. The third-order valence-electron chi connectivity index (χ3n) is 7.97. The first-order valence-electron chi connectivity index (χ1n) is 13.8. The number of aromatic nitrogens is 1. The fourth-order valence-electron chi connectivity index (χ4n) is 6.30. The van der Waals surface area contributed by atoms with Gasteiger partial charge in [-0.25, -0.2) is 0 Å². The lowest BCUT2D eigenvalue weighted by atomic mass is 9.82. The first-order chi connectivity index (χ1) is 20.5. The van der Waals surface area contributed by atoms with Crippen LogP contribution in [0.2, 0.25) is 0 Å². The highest BCUT2D eigenvalue weighted by Gasteiger charge is 2.37. The highest BCUT2D eigenvalue weighted by molar-refractivity contribution is 6.44. The zero-order valence-corrected chi connectivity index (χ0v) is 22.5. The van der Waals surface area contributed by atoms with Gasteiger partial charge in [0.05, 0.1) is 69.1 Å². The first kappa shape index (κ1) is 26.4. The standard InChI is InChI=1S/C32H26N2O8/c35-10-12-41-14-16-42-15-13-40-11-9-34-31(38)21-8-7-19-18-5-1-3-17-4-2-6-20(22(17)18)24-23(19)25(21)28(32(34)39)27-26(24)29(36)33-30(27)37/h1-8,35H,9-16H2,(H,33,36,37). The smallest absolute Gasteiger partial charge is 0.262 e. The summed E-state index contributed by atoms with van der Waals surface area (Å²) in [5, 5.41) is 15.0. The number of hydrogen-bond acceptors (Lipinski definition) is 8. The molecule has 0 atom stereocenters. The quantitative estimate of drug-likeness (QED) is 0.106. The van der Waals surface area contributed by atoms with Crippen LogP contribution in [0.1, 0.15) is 20.7 Å². The van der Waals surface area contributed by atoms with Gasteiger partial charge in [-0.05, 0) is 38.4 Å². The molecule has 0 unspecified atom stereocenters. The van der Waals surface area contributed by atoms with Crippen LogP contribution < -0.4 is 11.1 Å². The van der Waals surface area contributed by atoms with Crippen molar-refractivity contribution in [1.82, 2.24) is 9.88 Å². The van der Waals surface area contributed by atoms with E-state index in [2.05, 4.69) is 4.98 Å². The van der Waals surface area contributed by atoms with Crippen molar-refractivity contribution in [2.75, 3.05) is 52.8 Å². The van der Waals surface area contributed by atoms with E-state index in [0.717, 1.165) is 31.8 Å². The number of nitrogens with one attached hydrogen (secondary N) is 1. The molecule has 2 N–H and O–H groups in total. The number of H-pyrrole nitrogens is 1. The largest absolute Gasteiger partial charge is 0.394 e. The summed E-state index contributed by atoms with van der Waals surface area (Å²) < 4.78 is 16.1. The molecule has 1 aliphatic rings. The van der Waals surface area contributed by atoms with E-state index < -0.39 is 22.9 Å². The predicted molar refractivity (Wildman–Crippen MR) is 158 cm³/mol. The van der Waals surface area contributed by atoms with Gasteiger partial charge < -0.3 is 19.3 Å². The molecule has 0 spiro atoms. The summed E-state index contributed by atoms with van der Waals surface area (Å²) in [6.07, 6.45) is 0. The highest BCUT2D eigenvalue weighted by atomic mass is 16.5. The molecule has 0 aliphatic carbocycles. The normalized spacial score (nSPS) is 13.7. The maximum atomic E-state index is 14.0. The van der Waals surface area contributed by atoms with Crippen molar-refractivity contribution in [2.45, 2.75) is 0 Å². The van der Waals surface area contributed by atoms with E-state index in [1.165, 1.54) is 0 Å². The fourth-order valence-corrected chi connectivity index (χ4v) is 6.30. The molecular formula is C32H26N2O8. The SMILES string of the molecule is O=C1c2ccc3c4cccc5cccc(c54)c4c5c(=O)[nH]c(=O)c5c(c2c34)C(=O)N1CCOCCOCCOCCO. The Kier molecular flexibility index (Phi) is 6.55. The van der Waals surface area contributed by atoms with Gasteiger partial charge in [-0.15, -0.1) is 0 Å². The minimum absolute atomic E-state index is 0.0116. The molecule has 10 heteroatoms. The Hall–Kier alpha value is -4.48. The number of fused-ring (bicyclic) bond motifs is 5. The fraction of sp³-hybridized carbons (Fsp3) is 0.250. The Morgan fingerprint density at radius 3 is 1.95 bits per heavy atom. The number of aliphatic hydroxyl groups excluding tert-OH is 1. The summed E-state index contributed by atoms with van der Waals surface area (Å²) in [5.41, 5.74) is -0.833. The topological polar surface area (TPSA) is 135 Å². The molecule has 10 nitrogen and oxygen atoms in total. The molecule has 5 aromatic carbocycles. The van der Waals surface area contributed by atoms with Crippen molar-refractivity contribution >= 4 is 65.7 Å². The molecule has 0 bridgehead atoms. The number of rotatable bonds is 11. The lowest BCUT2D eigenvalue weighted by molar-refractivity contribution is 0.00503. The third-order valence-corrected chi connectivity index (χ3v) is 7.97. The van der Waals surface area contributed by atoms with Gasteiger partial charge in [0.2, 0.25) is 0 Å². The minimum atomic E-state index is -0.649. The highest BCUT2D eigenvalue weighted by Crippen LogP contribution is 2.46. The van der Waals surface area contributed by atoms with Crippen LogP contribution in [-0.2, 0) is 14.2 Å². The van der Waals surface area contributed by atoms with Crippen LogP contribution in [0.25, 0.3) is 53.9 Å². The Balaban J connectivity index is 1.30. The van der Waals surface area contributed by atoms with E-state index in [-0.39, 0.29) is 49.3 Å². The molecular weight excluding hydrogens is 540 g/mol. The van der Waals surface area contributed by atoms with Crippen molar-refractivity contribution in [1.29, 1.82) is 0 Å². The van der Waals surface area contributed by atoms with E-state index in [1.54, 1.807) is 6.07 Å². The molecule has 1 aromatic heterocycles. The molecule has 0 saturated carbocycles. The van der Waals surface area contributed by atoms with Crippen LogP contribution in [0.5, 0.6) is 0 Å². The third kappa shape index (κ3) is 3.87. The van der Waals surface area contributed by atoms with Gasteiger partial charge >= 0.3 is 0 Å². The van der Waals surface area contributed by atoms with E-state index >= 15 is 0 Å². The number of aromatic amines is 1. The number of benzene rings is 5. The first-order valence-corrected chi connectivity index (χ1v) is 13.8. The van der Waals surface area contributed by atoms with Gasteiger partial charge in [-0.3, -0.25) is 29.1 Å². The van der Waals surface area contributed by atoms with E-state index in [4.69, 9.17) is 19.3 Å². The van der Waals surface area contributed by atoms with Gasteiger partial charge in [0.25, 0.3) is 22.9 Å². The Bertz CT molecular complexity index is 2130. The molecule has 0 saturated heterocycles. The molecule has 2 amide bonds. The summed E-state index contributed by atoms with van der Waals surface area (Å²) in [6, 6.07) is 15.3. The molecule has 1 aliphatic heterocycles. The monoisotopic (exact) mass is 566 g/mol. The number of hydrogen-bond donors (Lipinski definition) is 2. The summed E-state index contributed by atoms with van der Waals surface area (Å²) >= 11 is 0. The van der Waals surface area contributed by atoms with Gasteiger partial charge in [-0.2, -0.15) is 0 Å². The van der Waals surface area contributed by atoms with Gasteiger partial charge in [-0.1, -0.05) is 42.5 Å². The Morgan fingerprint density at radius 2 is 1.21 bits per heavy atom. The van der Waals surface area contributed by atoms with Crippen molar-refractivity contribution in [3.63, 3.8) is 0 Å². The van der Waals surface area contributed by atoms with Crippen molar-refractivity contribution in [3.05, 3.63) is 80.4 Å². The van der Waals surface area contributed by atoms with Crippen LogP contribution in [0, 0.1) is 0 Å². The summed E-state index contributed by atoms with van der Waals surface area (Å²) in [5.74, 6) is -1.11. The number of carbonyl (C=O) groups excluding carboxylic acids is 2. The van der Waals surface area contributed by atoms with Crippen LogP contribution >= 0.6 is 0 Å². The van der Waals surface area contributed by atoms with E-state index in [1.807, 2.05) is 42.5 Å². The maximum Gasteiger partial charge on any atom is 0.262 e. The zero-order chi connectivity index (χ0) is 29.0. The summed E-state index contributed by atoms with van der Waals surface area (Å²) in [4.78, 5) is 57.7. The van der Waals surface area contributed by atoms with Gasteiger partial charge in [0.15, 0.2) is 0 Å². The Morgan fingerprint density at radius 1 is 0.595 bits per heavy atom. The summed E-state index contributed by atoms with van der Waals surface area (Å²) in [7, 11) is 0. The van der Waals surface area contributed by atoms with Gasteiger partial charge in [0.1, 0.15) is 0 Å². The zero-order valence-electron chi connectivity index (χ0n) is 22.5. The summed E-state index contributed by atoms with van der Waals surface area (Å²) in [6.45, 7) is 1.48. The number of nitrogens with zero attached hydrogens (tertiary/aromatic N) is 1. The second-order valence-electron chi connectivity index (χ2n) is 10.2. The second kappa shape index (κ2) is 10.4. The molecule has 42 heavy (non-hydrogen) atoms. The van der Waals surface area contributed by atoms with E-state index in [9.17, 15) is 19.2 Å². The van der Waals surface area contributed by atoms with Crippen LogP contribution in [-0.4, -0.2) is 79.6 Å². The van der Waals surface area contributed by atoms with Crippen molar-refractivity contribution in [2.24, 2.45) is 0 Å². The predicted octanol–water partition coefficient (Wildman–Crippen LogP) is 3.01. The Labute approximate surface area is 237 Å². The molecule has 7 rings (SSSR count). The van der Waals surface area contributed by atoms with Crippen molar-refractivity contribution < 1.29 is 28.9 Å². The number of ether oxygens (including phenoxy) is 3. The number of aliphatic hydroxyl groups is 1. The molecule has 0 fully saturated rings. The number of carbonyl (C=O) groups is 2. The lowest BCUT2D eigenvalue weighted by Crippen LogP contribution is -2.42. The number of amides is 2. The molecule has 2 heterocycles. The van der Waals surface area contributed by atoms with Crippen LogP contribution in [0.3, 0.4) is 0 Å². The van der Waals surface area contributed by atoms with Gasteiger partial charge in [0, 0.05) is 16.3 Å². The molecule has 6 aromatic rings. The molecule has 212 valence electrons. The number of imide groups is 1. The maximum absolute atomic E-state index is 14.0. The molecule has 0 radical (unpaired) electrons. The average molecular weight is 567 g/mol. The van der Waals surface area contributed by atoms with Crippen LogP contribution in [0.15, 0.2) is 58.1 Å². The minimum Gasteiger partial charge on any atom is -0.394 e.